The number of fused-ring (bicyclic) bond motifs is 3. The first-order valence-electron chi connectivity index (χ1n) is 6.56. The normalized spacial score (nSPS) is 11.6. The molecule has 0 aliphatic rings. The number of aromatic nitrogens is 5. The molecule has 0 unspecified atom stereocenters. The minimum Gasteiger partial charge on any atom is -0.392 e. The molecular weight excluding hydrogens is 274 g/mol. The number of nitrogens with zero attached hydrogens (tertiary/aromatic N) is 5. The van der Waals surface area contributed by atoms with Crippen LogP contribution in [0, 0.1) is 0 Å². The molecule has 0 atom stereocenters. The minimum atomic E-state index is -0.457. The highest BCUT2D eigenvalue weighted by Crippen LogP contribution is 2.24. The summed E-state index contributed by atoms with van der Waals surface area (Å²) in [6, 6.07) is 0. The molecule has 0 radical (unpaired) electrons. The molecule has 0 spiro atoms. The van der Waals surface area contributed by atoms with E-state index in [0.717, 1.165) is 4.57 Å². The van der Waals surface area contributed by atoms with Crippen LogP contribution in [0.2, 0.25) is 0 Å². The van der Waals surface area contributed by atoms with Crippen LogP contribution in [0.4, 0.5) is 0 Å². The maximum atomic E-state index is 12.5. The lowest BCUT2D eigenvalue weighted by atomic mass is 10.2. The Kier molecular flexibility index (Phi) is 2.91. The Balaban J connectivity index is 2.70. The van der Waals surface area contributed by atoms with Crippen molar-refractivity contribution in [3.63, 3.8) is 0 Å². The van der Waals surface area contributed by atoms with Gasteiger partial charge in [0.1, 0.15) is 0 Å². The van der Waals surface area contributed by atoms with E-state index in [0.29, 0.717) is 28.5 Å². The first kappa shape index (κ1) is 13.5. The molecule has 0 aromatic carbocycles. The highest BCUT2D eigenvalue weighted by molar-refractivity contribution is 6.03. The number of hydrogen-bond donors (Lipinski definition) is 1. The molecule has 3 aromatic heterocycles. The van der Waals surface area contributed by atoms with Crippen LogP contribution in [-0.2, 0) is 27.2 Å². The van der Waals surface area contributed by atoms with Gasteiger partial charge in [-0.1, -0.05) is 0 Å². The lowest BCUT2D eigenvalue weighted by Crippen LogP contribution is -2.37. The fourth-order valence-corrected chi connectivity index (χ4v) is 2.61. The van der Waals surface area contributed by atoms with Crippen molar-refractivity contribution < 1.29 is 5.11 Å². The van der Waals surface area contributed by atoms with Crippen molar-refractivity contribution in [3.05, 3.63) is 32.6 Å². The van der Waals surface area contributed by atoms with Crippen molar-refractivity contribution in [2.75, 3.05) is 0 Å². The van der Waals surface area contributed by atoms with Gasteiger partial charge in [0, 0.05) is 37.8 Å². The molecule has 110 valence electrons. The number of rotatable bonds is 2. The average Bonchev–Trinajstić information content (AvgIpc) is 2.88. The van der Waals surface area contributed by atoms with Gasteiger partial charge < -0.3 is 9.67 Å². The van der Waals surface area contributed by atoms with Gasteiger partial charge in [0.25, 0.3) is 5.56 Å². The Hall–Kier alpha value is -2.48. The fraction of sp³-hybridized carbons (Fsp3) is 0.385. The van der Waals surface area contributed by atoms with E-state index in [1.165, 1.54) is 11.6 Å². The molecule has 21 heavy (non-hydrogen) atoms. The van der Waals surface area contributed by atoms with Crippen LogP contribution in [0.25, 0.3) is 22.1 Å². The molecule has 0 bridgehead atoms. The molecule has 3 heterocycles. The highest BCUT2D eigenvalue weighted by atomic mass is 16.3. The third kappa shape index (κ3) is 1.65. The quantitative estimate of drug-likeness (QED) is 0.686. The van der Waals surface area contributed by atoms with Crippen LogP contribution in [0.3, 0.4) is 0 Å². The van der Waals surface area contributed by atoms with Crippen molar-refractivity contribution in [1.82, 2.24) is 23.9 Å². The molecular formula is C13H15N5O3. The summed E-state index contributed by atoms with van der Waals surface area (Å²) < 4.78 is 4.14. The van der Waals surface area contributed by atoms with Crippen molar-refractivity contribution >= 4 is 22.1 Å². The lowest BCUT2D eigenvalue weighted by Gasteiger charge is -2.07. The van der Waals surface area contributed by atoms with Gasteiger partial charge in [0.2, 0.25) is 0 Å². The van der Waals surface area contributed by atoms with Crippen LogP contribution < -0.4 is 11.2 Å². The summed E-state index contributed by atoms with van der Waals surface area (Å²) in [6.45, 7) is 2.37. The molecule has 0 aliphatic carbocycles. The molecule has 0 amide bonds. The highest BCUT2D eigenvalue weighted by Gasteiger charge is 2.19. The second-order valence-electron chi connectivity index (χ2n) is 4.90. The van der Waals surface area contributed by atoms with Crippen LogP contribution in [-0.4, -0.2) is 29.0 Å². The zero-order chi connectivity index (χ0) is 15.3. The fourth-order valence-electron chi connectivity index (χ4n) is 2.61. The Morgan fingerprint density at radius 3 is 2.38 bits per heavy atom. The number of aliphatic hydroxyl groups is 1. The van der Waals surface area contributed by atoms with Crippen LogP contribution in [0.1, 0.15) is 12.5 Å². The maximum Gasteiger partial charge on any atom is 0.332 e. The van der Waals surface area contributed by atoms with Crippen molar-refractivity contribution in [2.45, 2.75) is 20.1 Å². The van der Waals surface area contributed by atoms with E-state index >= 15 is 0 Å². The number of aryl methyl sites for hydroxylation is 2. The number of hydrogen-bond acceptors (Lipinski definition) is 5. The summed E-state index contributed by atoms with van der Waals surface area (Å²) in [5.41, 5.74) is 0.463. The molecule has 1 N–H and O–H groups in total. The van der Waals surface area contributed by atoms with Gasteiger partial charge in [-0.05, 0) is 6.92 Å². The minimum absolute atomic E-state index is 0.212. The summed E-state index contributed by atoms with van der Waals surface area (Å²) in [5, 5.41) is 18.6. The van der Waals surface area contributed by atoms with Crippen molar-refractivity contribution in [2.24, 2.45) is 14.1 Å². The van der Waals surface area contributed by atoms with E-state index in [9.17, 15) is 14.7 Å². The summed E-state index contributed by atoms with van der Waals surface area (Å²) in [6.07, 6.45) is 1.75. The van der Waals surface area contributed by atoms with E-state index in [4.69, 9.17) is 0 Å². The van der Waals surface area contributed by atoms with Gasteiger partial charge in [0.05, 0.1) is 12.0 Å². The predicted octanol–water partition coefficient (Wildman–Crippen LogP) is -0.506. The zero-order valence-electron chi connectivity index (χ0n) is 12.0. The van der Waals surface area contributed by atoms with E-state index in [-0.39, 0.29) is 12.3 Å². The standard InChI is InChI=1S/C13H15N5O3/c1-4-18-5-7(6-19)8-9-10(14-15-11(8)18)16(2)13(21)17(3)12(9)20/h5,19H,4,6H2,1-3H3. The molecule has 0 fully saturated rings. The largest absolute Gasteiger partial charge is 0.392 e. The van der Waals surface area contributed by atoms with Gasteiger partial charge in [-0.3, -0.25) is 13.9 Å². The third-order valence-corrected chi connectivity index (χ3v) is 3.76. The average molecular weight is 289 g/mol. The molecule has 3 rings (SSSR count). The molecule has 8 heteroatoms. The van der Waals surface area contributed by atoms with Crippen LogP contribution in [0.5, 0.6) is 0 Å². The SMILES string of the molecule is CCn1cc(CO)c2c3c(=O)n(C)c(=O)n(C)c3nnc21. The van der Waals surface area contributed by atoms with E-state index in [1.807, 2.05) is 11.5 Å². The molecule has 8 nitrogen and oxygen atoms in total. The maximum absolute atomic E-state index is 12.5. The summed E-state index contributed by atoms with van der Waals surface area (Å²) in [4.78, 5) is 24.4. The van der Waals surface area contributed by atoms with E-state index in [1.54, 1.807) is 13.2 Å². The van der Waals surface area contributed by atoms with E-state index in [2.05, 4.69) is 10.2 Å². The monoisotopic (exact) mass is 289 g/mol. The topological polar surface area (TPSA) is 94.9 Å². The van der Waals surface area contributed by atoms with E-state index < -0.39 is 11.2 Å². The van der Waals surface area contributed by atoms with Gasteiger partial charge >= 0.3 is 5.69 Å². The van der Waals surface area contributed by atoms with Crippen LogP contribution in [0.15, 0.2) is 15.8 Å². The van der Waals surface area contributed by atoms with Gasteiger partial charge in [-0.15, -0.1) is 10.2 Å². The predicted molar refractivity (Wildman–Crippen MR) is 77.1 cm³/mol. The Morgan fingerprint density at radius 1 is 1.10 bits per heavy atom. The second-order valence-corrected chi connectivity index (χ2v) is 4.90. The van der Waals surface area contributed by atoms with Gasteiger partial charge in [0.15, 0.2) is 11.3 Å². The first-order chi connectivity index (χ1) is 10.0. The van der Waals surface area contributed by atoms with Crippen molar-refractivity contribution in [1.29, 1.82) is 0 Å². The Labute approximate surface area is 118 Å². The summed E-state index contributed by atoms with van der Waals surface area (Å²) in [5.74, 6) is 0. The zero-order valence-corrected chi connectivity index (χ0v) is 12.0. The van der Waals surface area contributed by atoms with Gasteiger partial charge in [-0.2, -0.15) is 0 Å². The smallest absolute Gasteiger partial charge is 0.332 e. The Bertz CT molecular complexity index is 980. The third-order valence-electron chi connectivity index (χ3n) is 3.76. The van der Waals surface area contributed by atoms with Gasteiger partial charge in [-0.25, -0.2) is 4.79 Å². The first-order valence-corrected chi connectivity index (χ1v) is 6.56. The second kappa shape index (κ2) is 4.52. The number of aliphatic hydroxyl groups excluding tert-OH is 1. The Morgan fingerprint density at radius 2 is 1.76 bits per heavy atom. The summed E-state index contributed by atoms with van der Waals surface area (Å²) in [7, 11) is 2.96. The molecule has 0 saturated carbocycles. The molecule has 3 aromatic rings. The van der Waals surface area contributed by atoms with Crippen molar-refractivity contribution in [3.8, 4) is 0 Å². The molecule has 0 aliphatic heterocycles. The molecule has 0 saturated heterocycles. The van der Waals surface area contributed by atoms with Crippen LogP contribution >= 0.6 is 0 Å². The summed E-state index contributed by atoms with van der Waals surface area (Å²) >= 11 is 0. The lowest BCUT2D eigenvalue weighted by molar-refractivity contribution is 0.283.